The highest BCUT2D eigenvalue weighted by Gasteiger charge is 2.32. The van der Waals surface area contributed by atoms with Crippen LogP contribution < -0.4 is 0 Å². The molecule has 1 aliphatic rings. The molecule has 1 amide bonds. The predicted octanol–water partition coefficient (Wildman–Crippen LogP) is 27.6. The van der Waals surface area contributed by atoms with Crippen LogP contribution in [0.3, 0.4) is 0 Å². The number of aryl methyl sites for hydroxylation is 3. The minimum atomic E-state index is -0.858. The van der Waals surface area contributed by atoms with Crippen molar-refractivity contribution in [2.45, 2.75) is 209 Å². The van der Waals surface area contributed by atoms with E-state index in [0.29, 0.717) is 43.5 Å². The Bertz CT molecular complexity index is 4040. The molecule has 0 radical (unpaired) electrons. The Balaban J connectivity index is 1.07. The zero-order valence-corrected chi connectivity index (χ0v) is 62.4. The number of likely N-dealkylation sites (N-methyl/N-ethyl adjacent to an activating group) is 1. The molecule has 4 nitrogen and oxygen atoms in total. The number of hydrogen-bond donors (Lipinski definition) is 0. The van der Waals surface area contributed by atoms with E-state index < -0.39 is 11.6 Å². The molecule has 0 aliphatic carbocycles. The van der Waals surface area contributed by atoms with Crippen LogP contribution in [0.25, 0.3) is 97.9 Å². The van der Waals surface area contributed by atoms with Gasteiger partial charge in [0, 0.05) is 102 Å². The second kappa shape index (κ2) is 32.3. The van der Waals surface area contributed by atoms with Crippen LogP contribution in [0.2, 0.25) is 0 Å². The van der Waals surface area contributed by atoms with E-state index in [1.165, 1.54) is 196 Å². The summed E-state index contributed by atoms with van der Waals surface area (Å²) < 4.78 is 45.1. The van der Waals surface area contributed by atoms with Gasteiger partial charge in [0.15, 0.2) is 11.6 Å². The van der Waals surface area contributed by atoms with Crippen LogP contribution in [0, 0.1) is 30.4 Å². The first-order valence-corrected chi connectivity index (χ1v) is 41.5. The van der Waals surface area contributed by atoms with Crippen molar-refractivity contribution in [3.63, 3.8) is 0 Å². The molecule has 0 N–H and O–H groups in total. The smallest absolute Gasteiger partial charge is 0.266 e. The summed E-state index contributed by atoms with van der Waals surface area (Å²) in [6.45, 7) is 18.0. The third-order valence-corrected chi connectivity index (χ3v) is 28.8. The number of benzene rings is 2. The van der Waals surface area contributed by atoms with Crippen molar-refractivity contribution in [2.75, 3.05) is 6.54 Å². The van der Waals surface area contributed by atoms with Crippen LogP contribution in [0.1, 0.15) is 208 Å². The number of aromatic nitrogens is 2. The summed E-state index contributed by atoms with van der Waals surface area (Å²) in [6, 6.07) is 23.7. The highest BCUT2D eigenvalue weighted by molar-refractivity contribution is 8.26. The monoisotopic (exact) mass is 1400 g/mol. The van der Waals surface area contributed by atoms with Gasteiger partial charge >= 0.3 is 0 Å². The first kappa shape index (κ1) is 68.6. The fourth-order valence-electron chi connectivity index (χ4n) is 13.0. The second-order valence-corrected chi connectivity index (χ2v) is 34.8. The van der Waals surface area contributed by atoms with Gasteiger partial charge in [0.25, 0.3) is 5.91 Å². The molecule has 16 heteroatoms. The number of hydrogen-bond acceptors (Lipinski definition) is 13. The highest BCUT2D eigenvalue weighted by Crippen LogP contribution is 2.57. The van der Waals surface area contributed by atoms with Crippen molar-refractivity contribution in [3.8, 4) is 60.6 Å². The third kappa shape index (κ3) is 15.4. The number of thioether (sulfide) groups is 1. The molecule has 0 spiro atoms. The molecule has 0 bridgehead atoms. The lowest BCUT2D eigenvalue weighted by Gasteiger charge is -2.13. The molecule has 1 saturated heterocycles. The van der Waals surface area contributed by atoms with Gasteiger partial charge in [-0.25, -0.2) is 8.78 Å². The number of carbonyl (C=O) groups is 1. The lowest BCUT2D eigenvalue weighted by molar-refractivity contribution is -0.122. The summed E-state index contributed by atoms with van der Waals surface area (Å²) >= 11 is 21.1. The number of rotatable bonds is 34. The van der Waals surface area contributed by atoms with Gasteiger partial charge < -0.3 is 0 Å². The van der Waals surface area contributed by atoms with Crippen molar-refractivity contribution >= 4 is 163 Å². The fourth-order valence-corrected chi connectivity index (χ4v) is 23.9. The largest absolute Gasteiger partial charge is 0.293 e. The number of thiophene rings is 7. The molecule has 91 heavy (non-hydrogen) atoms. The quantitative estimate of drug-likeness (QED) is 0.0228. The molecule has 11 rings (SSSR count). The zero-order chi connectivity index (χ0) is 63.7. The molecule has 1 fully saturated rings. The fraction of sp³-hybridized carbons (Fsp3) is 0.467. The van der Waals surface area contributed by atoms with Gasteiger partial charge in [0.2, 0.25) is 0 Å². The van der Waals surface area contributed by atoms with Gasteiger partial charge in [-0.15, -0.1) is 79.4 Å². The van der Waals surface area contributed by atoms with Gasteiger partial charge in [0.05, 0.1) is 22.2 Å². The van der Waals surface area contributed by atoms with Crippen LogP contribution in [-0.2, 0) is 30.5 Å². The summed E-state index contributed by atoms with van der Waals surface area (Å²) in [7, 11) is 0. The Morgan fingerprint density at radius 2 is 1.02 bits per heavy atom. The summed E-state index contributed by atoms with van der Waals surface area (Å²) in [5.74, 6) is -0.461. The van der Waals surface area contributed by atoms with Crippen molar-refractivity contribution in [1.29, 1.82) is 0 Å². The normalized spacial score (nSPS) is 14.2. The lowest BCUT2D eigenvalue weighted by Crippen LogP contribution is -2.27. The van der Waals surface area contributed by atoms with E-state index in [-0.39, 0.29) is 17.0 Å². The van der Waals surface area contributed by atoms with E-state index in [1.54, 1.807) is 23.2 Å². The number of amides is 1. The van der Waals surface area contributed by atoms with Crippen LogP contribution in [0.5, 0.6) is 0 Å². The molecule has 0 saturated carbocycles. The number of nitrogens with zero attached hydrogens (tertiary/aromatic N) is 3. The van der Waals surface area contributed by atoms with E-state index >= 15 is 8.78 Å². The molecule has 9 heterocycles. The van der Waals surface area contributed by atoms with Crippen LogP contribution in [0.15, 0.2) is 65.6 Å². The number of carbonyl (C=O) groups excluding carboxylic acids is 1. The lowest BCUT2D eigenvalue weighted by atomic mass is 9.95. The molecule has 8 aromatic heterocycles. The maximum Gasteiger partial charge on any atom is 0.266 e. The molecule has 2 atom stereocenters. The summed E-state index contributed by atoms with van der Waals surface area (Å²) in [5.41, 5.74) is 6.42. The Morgan fingerprint density at radius 1 is 0.516 bits per heavy atom. The highest BCUT2D eigenvalue weighted by atomic mass is 32.2. The predicted molar refractivity (Wildman–Crippen MR) is 409 cm³/mol. The number of thiocarbonyl (C=S) groups is 1. The third-order valence-electron chi connectivity index (χ3n) is 18.4. The zero-order valence-electron chi connectivity index (χ0n) is 54.3. The van der Waals surface area contributed by atoms with Crippen LogP contribution in [0.4, 0.5) is 8.78 Å². The average molecular weight is 1410 g/mol. The first-order chi connectivity index (χ1) is 44.4. The van der Waals surface area contributed by atoms with Gasteiger partial charge in [-0.3, -0.25) is 9.69 Å². The van der Waals surface area contributed by atoms with Crippen molar-refractivity contribution in [3.05, 3.63) is 109 Å². The first-order valence-electron chi connectivity index (χ1n) is 33.8. The van der Waals surface area contributed by atoms with Gasteiger partial charge in [0.1, 0.15) is 15.4 Å². The molecule has 2 aromatic carbocycles. The van der Waals surface area contributed by atoms with E-state index in [2.05, 4.69) is 117 Å². The molecule has 10 aromatic rings. The van der Waals surface area contributed by atoms with Crippen LogP contribution >= 0.6 is 115 Å². The number of unbranched alkanes of at least 4 members (excludes halogenated alkanes) is 12. The van der Waals surface area contributed by atoms with Crippen molar-refractivity contribution in [1.82, 2.24) is 13.6 Å². The van der Waals surface area contributed by atoms with Gasteiger partial charge in [-0.05, 0) is 142 Å². The van der Waals surface area contributed by atoms with Crippen LogP contribution in [-0.4, -0.2) is 30.4 Å². The maximum absolute atomic E-state index is 16.9. The summed E-state index contributed by atoms with van der Waals surface area (Å²) in [5, 5.41) is 2.30. The average Bonchev–Trinajstić information content (AvgIpc) is 1.57. The standard InChI is InChI=1S/C75H87F2N3OS10/c1-9-16-20-22-24-26-30-48-40-52(42-62-74(81)80(15-7)75(82)90-62)85-70(48)57-36-37-58(86-57)71-49(31-27-25-23-21-17-10-2)41-59(87-71)60-43-53-63(55-34-32-50(83-55)38-46(13-5)28-18-11-3)73-54(44-61(89-73)65-67(77)66(76)45(8)68-69(65)79-91-78-68)64(72(53)88-60)56-35-33-51(84-56)39-47(14-6)29-19-12-4/h32-37,40-44,46-47H,9-31,38-39H2,1-8H3/b62-42-. The van der Waals surface area contributed by atoms with Crippen molar-refractivity contribution in [2.24, 2.45) is 11.8 Å². The summed E-state index contributed by atoms with van der Waals surface area (Å²) in [6.07, 6.45) is 30.7. The van der Waals surface area contributed by atoms with E-state index in [4.69, 9.17) is 12.2 Å². The SMILES string of the molecule is CCCCCCCCc1cc(/C=C2\SC(=S)N(CC)C2=O)sc1-c1ccc(-c2sc(-c3cc4c(-c5ccc(CC(CC)CCCC)s5)c5sc(-c6c(F)c(F)c(C)c7nsnc67)cc5c(-c5ccc(CC(CC)CCCC)s5)c4s3)cc2CCCCCCCC)s1. The Labute approximate surface area is 581 Å². The van der Waals surface area contributed by atoms with Crippen molar-refractivity contribution < 1.29 is 13.6 Å². The minimum absolute atomic E-state index is 0.00996. The number of halogens is 2. The van der Waals surface area contributed by atoms with E-state index in [0.717, 1.165) is 78.1 Å². The Hall–Kier alpha value is -3.81. The maximum atomic E-state index is 16.9. The molecule has 482 valence electrons. The van der Waals surface area contributed by atoms with E-state index in [1.807, 2.05) is 74.9 Å². The summed E-state index contributed by atoms with van der Waals surface area (Å²) in [4.78, 5) is 30.8. The second-order valence-electron chi connectivity index (χ2n) is 24.9. The topological polar surface area (TPSA) is 46.1 Å². The molecule has 1 aliphatic heterocycles. The van der Waals surface area contributed by atoms with Gasteiger partial charge in [-0.1, -0.05) is 181 Å². The molecular weight excluding hydrogens is 1320 g/mol. The van der Waals surface area contributed by atoms with E-state index in [9.17, 15) is 4.79 Å². The molecule has 2 unspecified atom stereocenters. The van der Waals surface area contributed by atoms with Gasteiger partial charge in [-0.2, -0.15) is 8.75 Å². The molecular formula is C75H87F2N3OS10. The Kier molecular flexibility index (Phi) is 24.3. The Morgan fingerprint density at radius 3 is 1.58 bits per heavy atom. The number of fused-ring (bicyclic) bond motifs is 3. The minimum Gasteiger partial charge on any atom is -0.293 e.